The van der Waals surface area contributed by atoms with Crippen molar-refractivity contribution in [2.24, 2.45) is 7.05 Å². The number of aryl methyl sites for hydroxylation is 1. The van der Waals surface area contributed by atoms with Gasteiger partial charge in [-0.15, -0.1) is 0 Å². The van der Waals surface area contributed by atoms with Gasteiger partial charge in [0.05, 0.1) is 4.47 Å². The third-order valence-electron chi connectivity index (χ3n) is 2.24. The number of rotatable bonds is 4. The van der Waals surface area contributed by atoms with Crippen molar-refractivity contribution in [2.45, 2.75) is 17.1 Å². The number of H-pyrrole nitrogens is 1. The minimum Gasteiger partial charge on any atom is -0.369 e. The van der Waals surface area contributed by atoms with E-state index < -0.39 is 11.1 Å². The largest absolute Gasteiger partial charge is 0.369 e. The molecule has 2 aromatic heterocycles. The molecule has 106 valence electrons. The Labute approximate surface area is 126 Å². The molecule has 8 nitrogen and oxygen atoms in total. The first-order chi connectivity index (χ1) is 9.52. The minimum absolute atomic E-state index is 0.330. The van der Waals surface area contributed by atoms with Crippen LogP contribution in [0.15, 0.2) is 30.6 Å². The Morgan fingerprint density at radius 2 is 2.20 bits per heavy atom. The van der Waals surface area contributed by atoms with Gasteiger partial charge in [0.15, 0.2) is 5.16 Å². The molecular weight excluding hydrogens is 348 g/mol. The van der Waals surface area contributed by atoms with Crippen LogP contribution in [-0.2, 0) is 7.05 Å². The van der Waals surface area contributed by atoms with Crippen molar-refractivity contribution in [2.75, 3.05) is 11.9 Å². The second-order valence-corrected chi connectivity index (χ2v) is 5.42. The summed E-state index contributed by atoms with van der Waals surface area (Å²) in [6, 6.07) is 0. The molecule has 2 N–H and O–H groups in total. The van der Waals surface area contributed by atoms with Crippen LogP contribution in [-0.4, -0.2) is 31.3 Å². The second kappa shape index (κ2) is 6.18. The van der Waals surface area contributed by atoms with Gasteiger partial charge in [-0.2, -0.15) is 4.98 Å². The summed E-state index contributed by atoms with van der Waals surface area (Å²) in [7, 11) is 1.59. The Hall–Kier alpha value is -1.68. The number of aromatic nitrogens is 5. The Kier molecular flexibility index (Phi) is 4.55. The van der Waals surface area contributed by atoms with Crippen molar-refractivity contribution in [1.82, 2.24) is 24.7 Å². The molecule has 0 fully saturated rings. The fourth-order valence-corrected chi connectivity index (χ4v) is 2.71. The fourth-order valence-electron chi connectivity index (χ4n) is 1.35. The van der Waals surface area contributed by atoms with Crippen LogP contribution >= 0.6 is 27.7 Å². The van der Waals surface area contributed by atoms with E-state index in [1.807, 2.05) is 6.92 Å². The number of aromatic amines is 1. The first kappa shape index (κ1) is 14.7. The molecule has 0 aromatic carbocycles. The van der Waals surface area contributed by atoms with Gasteiger partial charge < -0.3 is 5.32 Å². The maximum Gasteiger partial charge on any atom is 0.339 e. The summed E-state index contributed by atoms with van der Waals surface area (Å²) in [6.45, 7) is 2.67. The molecule has 2 aromatic rings. The maximum absolute atomic E-state index is 11.3. The van der Waals surface area contributed by atoms with E-state index in [2.05, 4.69) is 41.3 Å². The molecule has 0 saturated heterocycles. The number of halogens is 1. The first-order valence-electron chi connectivity index (χ1n) is 5.62. The van der Waals surface area contributed by atoms with Crippen LogP contribution in [0.5, 0.6) is 0 Å². The smallest absolute Gasteiger partial charge is 0.339 e. The molecule has 0 saturated carbocycles. The van der Waals surface area contributed by atoms with E-state index in [-0.39, 0.29) is 0 Å². The van der Waals surface area contributed by atoms with Crippen molar-refractivity contribution in [3.63, 3.8) is 0 Å². The lowest BCUT2D eigenvalue weighted by atomic mass is 10.5. The molecule has 0 aliphatic rings. The summed E-state index contributed by atoms with van der Waals surface area (Å²) >= 11 is 4.55. The highest BCUT2D eigenvalue weighted by molar-refractivity contribution is 9.10. The zero-order valence-corrected chi connectivity index (χ0v) is 13.1. The molecule has 0 radical (unpaired) electrons. The zero-order valence-electron chi connectivity index (χ0n) is 10.7. The average molecular weight is 359 g/mol. The molecule has 0 unspecified atom stereocenters. The molecular formula is C10H11BrN6O2S. The van der Waals surface area contributed by atoms with Gasteiger partial charge in [-0.05, 0) is 34.6 Å². The van der Waals surface area contributed by atoms with Crippen LogP contribution in [0.3, 0.4) is 0 Å². The van der Waals surface area contributed by atoms with E-state index in [1.165, 1.54) is 11.0 Å². The predicted octanol–water partition coefficient (Wildman–Crippen LogP) is 0.604. The fraction of sp³-hybridized carbons (Fsp3) is 0.300. The highest BCUT2D eigenvalue weighted by Crippen LogP contribution is 2.32. The third-order valence-corrected chi connectivity index (χ3v) is 4.30. The quantitative estimate of drug-likeness (QED) is 0.608. The summed E-state index contributed by atoms with van der Waals surface area (Å²) in [6.07, 6.45) is 1.41. The molecule has 10 heteroatoms. The van der Waals surface area contributed by atoms with Crippen LogP contribution in [0.25, 0.3) is 0 Å². The molecule has 0 amide bonds. The van der Waals surface area contributed by atoms with Gasteiger partial charge in [0.1, 0.15) is 17.2 Å². The van der Waals surface area contributed by atoms with Crippen molar-refractivity contribution in [3.05, 3.63) is 31.5 Å². The van der Waals surface area contributed by atoms with Gasteiger partial charge in [-0.1, -0.05) is 0 Å². The van der Waals surface area contributed by atoms with Crippen molar-refractivity contribution < 1.29 is 0 Å². The zero-order chi connectivity index (χ0) is 14.7. The van der Waals surface area contributed by atoms with Gasteiger partial charge >= 0.3 is 11.1 Å². The summed E-state index contributed by atoms with van der Waals surface area (Å²) < 4.78 is 2.04. The first-order valence-corrected chi connectivity index (χ1v) is 7.23. The van der Waals surface area contributed by atoms with E-state index in [4.69, 9.17) is 0 Å². The molecule has 0 bridgehead atoms. The van der Waals surface area contributed by atoms with Crippen LogP contribution in [0.2, 0.25) is 0 Å². The predicted molar refractivity (Wildman–Crippen MR) is 78.1 cm³/mol. The Balaban J connectivity index is 2.40. The van der Waals surface area contributed by atoms with E-state index in [0.717, 1.165) is 18.3 Å². The topological polar surface area (TPSA) is 106 Å². The lowest BCUT2D eigenvalue weighted by Crippen LogP contribution is -2.33. The normalized spacial score (nSPS) is 10.6. The van der Waals surface area contributed by atoms with Crippen LogP contribution < -0.4 is 16.4 Å². The van der Waals surface area contributed by atoms with Gasteiger partial charge in [0, 0.05) is 13.6 Å². The number of anilines is 1. The highest BCUT2D eigenvalue weighted by atomic mass is 79.9. The van der Waals surface area contributed by atoms with E-state index in [0.29, 0.717) is 20.5 Å². The Morgan fingerprint density at radius 3 is 2.90 bits per heavy atom. The number of nitrogens with zero attached hydrogens (tertiary/aromatic N) is 4. The number of hydrogen-bond donors (Lipinski definition) is 2. The van der Waals surface area contributed by atoms with Gasteiger partial charge in [0.2, 0.25) is 0 Å². The summed E-state index contributed by atoms with van der Waals surface area (Å²) in [4.78, 5) is 34.4. The molecule has 0 spiro atoms. The minimum atomic E-state index is -0.831. The standard InChI is InChI=1S/C10H11BrN6O2S/c1-3-12-6-5(11)9(14-4-13-6)20-10-15-7(18)8(19)16-17(10)2/h4H,3H2,1-2H3,(H,16,19)(H,12,13,14). The Morgan fingerprint density at radius 1 is 1.45 bits per heavy atom. The third kappa shape index (κ3) is 3.07. The van der Waals surface area contributed by atoms with Gasteiger partial charge in [-0.25, -0.2) is 9.97 Å². The summed E-state index contributed by atoms with van der Waals surface area (Å²) in [5, 5.41) is 6.37. The van der Waals surface area contributed by atoms with E-state index >= 15 is 0 Å². The number of nitrogens with one attached hydrogen (secondary N) is 2. The van der Waals surface area contributed by atoms with Crippen molar-refractivity contribution in [3.8, 4) is 0 Å². The van der Waals surface area contributed by atoms with Crippen LogP contribution in [0.4, 0.5) is 5.82 Å². The van der Waals surface area contributed by atoms with Crippen LogP contribution in [0.1, 0.15) is 6.92 Å². The monoisotopic (exact) mass is 358 g/mol. The van der Waals surface area contributed by atoms with Crippen molar-refractivity contribution in [1.29, 1.82) is 0 Å². The lowest BCUT2D eigenvalue weighted by Gasteiger charge is -2.09. The van der Waals surface area contributed by atoms with Crippen molar-refractivity contribution >= 4 is 33.5 Å². The molecule has 0 aliphatic heterocycles. The van der Waals surface area contributed by atoms with Crippen LogP contribution in [0, 0.1) is 0 Å². The second-order valence-electron chi connectivity index (χ2n) is 3.67. The molecule has 20 heavy (non-hydrogen) atoms. The van der Waals surface area contributed by atoms with Gasteiger partial charge in [-0.3, -0.25) is 19.4 Å². The summed E-state index contributed by atoms with van der Waals surface area (Å²) in [5.74, 6) is 0.652. The molecule has 0 atom stereocenters. The molecule has 2 rings (SSSR count). The Bertz CT molecular complexity index is 743. The average Bonchev–Trinajstić information content (AvgIpc) is 2.40. The lowest BCUT2D eigenvalue weighted by molar-refractivity contribution is 0.596. The molecule has 0 aliphatic carbocycles. The highest BCUT2D eigenvalue weighted by Gasteiger charge is 2.13. The van der Waals surface area contributed by atoms with E-state index in [1.54, 1.807) is 7.05 Å². The van der Waals surface area contributed by atoms with E-state index in [9.17, 15) is 9.59 Å². The molecule has 2 heterocycles. The summed E-state index contributed by atoms with van der Waals surface area (Å²) in [5.41, 5.74) is -1.59. The van der Waals surface area contributed by atoms with Gasteiger partial charge in [0.25, 0.3) is 0 Å². The number of hydrogen-bond acceptors (Lipinski definition) is 7. The maximum atomic E-state index is 11.3. The SMILES string of the molecule is CCNc1ncnc(Sc2nc(=O)c(=O)[nH]n2C)c1Br.